The molecule has 0 saturated carbocycles. The SMILES string of the molecule is C=C(C)c1cn(CCCC(=O)O)nn1. The minimum Gasteiger partial charge on any atom is -0.481 e. The lowest BCUT2D eigenvalue weighted by Gasteiger charge is -1.96. The smallest absolute Gasteiger partial charge is 0.303 e. The van der Waals surface area contributed by atoms with Crippen molar-refractivity contribution in [2.45, 2.75) is 26.3 Å². The topological polar surface area (TPSA) is 68.0 Å². The maximum atomic E-state index is 10.2. The number of rotatable bonds is 5. The summed E-state index contributed by atoms with van der Waals surface area (Å²) in [4.78, 5) is 10.2. The first kappa shape index (κ1) is 10.4. The molecular weight excluding hydrogens is 182 g/mol. The van der Waals surface area contributed by atoms with Gasteiger partial charge in [-0.15, -0.1) is 5.10 Å². The van der Waals surface area contributed by atoms with Crippen LogP contribution in [0.3, 0.4) is 0 Å². The molecule has 0 fully saturated rings. The first-order valence-corrected chi connectivity index (χ1v) is 4.37. The predicted octanol–water partition coefficient (Wildman–Crippen LogP) is 1.18. The minimum absolute atomic E-state index is 0.155. The van der Waals surface area contributed by atoms with Crippen LogP contribution in [0.25, 0.3) is 5.57 Å². The summed E-state index contributed by atoms with van der Waals surface area (Å²) in [5.41, 5.74) is 1.61. The van der Waals surface area contributed by atoms with Crippen LogP contribution in [-0.4, -0.2) is 26.1 Å². The molecule has 14 heavy (non-hydrogen) atoms. The summed E-state index contributed by atoms with van der Waals surface area (Å²) in [6.45, 7) is 6.17. The molecule has 1 heterocycles. The van der Waals surface area contributed by atoms with Gasteiger partial charge in [-0.3, -0.25) is 9.48 Å². The van der Waals surface area contributed by atoms with Crippen LogP contribution in [0.1, 0.15) is 25.5 Å². The van der Waals surface area contributed by atoms with Crippen LogP contribution in [0, 0.1) is 0 Å². The van der Waals surface area contributed by atoms with Gasteiger partial charge in [-0.25, -0.2) is 0 Å². The highest BCUT2D eigenvalue weighted by atomic mass is 16.4. The second-order valence-electron chi connectivity index (χ2n) is 3.14. The van der Waals surface area contributed by atoms with Crippen LogP contribution in [0.2, 0.25) is 0 Å². The average molecular weight is 195 g/mol. The molecule has 0 aromatic carbocycles. The fraction of sp³-hybridized carbons (Fsp3) is 0.444. The van der Waals surface area contributed by atoms with Crippen molar-refractivity contribution < 1.29 is 9.90 Å². The van der Waals surface area contributed by atoms with Gasteiger partial charge in [0.05, 0.1) is 6.20 Å². The number of hydrogen-bond donors (Lipinski definition) is 1. The van der Waals surface area contributed by atoms with Gasteiger partial charge in [0, 0.05) is 13.0 Å². The Labute approximate surface area is 82.0 Å². The molecule has 0 amide bonds. The monoisotopic (exact) mass is 195 g/mol. The lowest BCUT2D eigenvalue weighted by molar-refractivity contribution is -0.137. The molecule has 0 aliphatic heterocycles. The van der Waals surface area contributed by atoms with Gasteiger partial charge in [-0.1, -0.05) is 11.8 Å². The molecule has 0 atom stereocenters. The highest BCUT2D eigenvalue weighted by Crippen LogP contribution is 2.06. The summed E-state index contributed by atoms with van der Waals surface area (Å²) in [6.07, 6.45) is 2.49. The first-order chi connectivity index (χ1) is 6.59. The van der Waals surface area contributed by atoms with E-state index in [1.54, 1.807) is 10.9 Å². The van der Waals surface area contributed by atoms with E-state index in [1.165, 1.54) is 0 Å². The Bertz CT molecular complexity index is 344. The number of aromatic nitrogens is 3. The first-order valence-electron chi connectivity index (χ1n) is 4.37. The number of aliphatic carboxylic acids is 1. The Balaban J connectivity index is 2.44. The summed E-state index contributed by atoms with van der Waals surface area (Å²) in [6, 6.07) is 0. The highest BCUT2D eigenvalue weighted by molar-refractivity contribution is 5.66. The molecule has 0 aliphatic rings. The number of hydrogen-bond acceptors (Lipinski definition) is 3. The largest absolute Gasteiger partial charge is 0.481 e. The second-order valence-corrected chi connectivity index (χ2v) is 3.14. The molecule has 0 bridgehead atoms. The molecule has 0 saturated heterocycles. The van der Waals surface area contributed by atoms with Crippen molar-refractivity contribution in [2.75, 3.05) is 0 Å². The summed E-state index contributed by atoms with van der Waals surface area (Å²) >= 11 is 0. The molecule has 1 N–H and O–H groups in total. The van der Waals surface area contributed by atoms with Gasteiger partial charge in [0.25, 0.3) is 0 Å². The molecule has 1 aromatic rings. The van der Waals surface area contributed by atoms with Crippen molar-refractivity contribution in [1.29, 1.82) is 0 Å². The minimum atomic E-state index is -0.787. The fourth-order valence-electron chi connectivity index (χ4n) is 0.996. The summed E-state index contributed by atoms with van der Waals surface area (Å²) in [5, 5.41) is 16.2. The lowest BCUT2D eigenvalue weighted by atomic mass is 10.3. The number of nitrogens with zero attached hydrogens (tertiary/aromatic N) is 3. The van der Waals surface area contributed by atoms with Gasteiger partial charge in [-0.05, 0) is 18.9 Å². The van der Waals surface area contributed by atoms with E-state index in [-0.39, 0.29) is 6.42 Å². The van der Waals surface area contributed by atoms with Crippen LogP contribution in [0.4, 0.5) is 0 Å². The molecule has 0 spiro atoms. The van der Waals surface area contributed by atoms with Gasteiger partial charge < -0.3 is 5.11 Å². The van der Waals surface area contributed by atoms with Crippen molar-refractivity contribution in [2.24, 2.45) is 0 Å². The third-order valence-electron chi connectivity index (χ3n) is 1.75. The van der Waals surface area contributed by atoms with E-state index in [0.717, 1.165) is 11.3 Å². The van der Waals surface area contributed by atoms with Crippen molar-refractivity contribution >= 4 is 11.5 Å². The summed E-state index contributed by atoms with van der Waals surface area (Å²) in [5.74, 6) is -0.787. The van der Waals surface area contributed by atoms with Gasteiger partial charge in [0.1, 0.15) is 5.69 Å². The molecule has 1 rings (SSSR count). The zero-order valence-electron chi connectivity index (χ0n) is 8.10. The molecule has 1 aromatic heterocycles. The molecule has 0 unspecified atom stereocenters. The Morgan fingerprint density at radius 1 is 1.71 bits per heavy atom. The Morgan fingerprint density at radius 2 is 2.43 bits per heavy atom. The number of carboxylic acid groups (broad SMARTS) is 1. The second kappa shape index (κ2) is 4.55. The molecule has 5 heteroatoms. The number of allylic oxidation sites excluding steroid dienone is 1. The van der Waals surface area contributed by atoms with Crippen LogP contribution < -0.4 is 0 Å². The van der Waals surface area contributed by atoms with E-state index in [9.17, 15) is 4.79 Å². The van der Waals surface area contributed by atoms with Crippen molar-refractivity contribution in [3.05, 3.63) is 18.5 Å². The third-order valence-corrected chi connectivity index (χ3v) is 1.75. The Morgan fingerprint density at radius 3 is 2.93 bits per heavy atom. The van der Waals surface area contributed by atoms with Crippen LogP contribution in [0.5, 0.6) is 0 Å². The number of carboxylic acids is 1. The fourth-order valence-corrected chi connectivity index (χ4v) is 0.996. The van der Waals surface area contributed by atoms with E-state index < -0.39 is 5.97 Å². The molecule has 5 nitrogen and oxygen atoms in total. The van der Waals surface area contributed by atoms with Crippen molar-refractivity contribution in [3.63, 3.8) is 0 Å². The zero-order valence-corrected chi connectivity index (χ0v) is 8.10. The number of aryl methyl sites for hydroxylation is 1. The van der Waals surface area contributed by atoms with E-state index in [0.29, 0.717) is 13.0 Å². The van der Waals surface area contributed by atoms with Crippen LogP contribution >= 0.6 is 0 Å². The van der Waals surface area contributed by atoms with E-state index in [2.05, 4.69) is 16.9 Å². The van der Waals surface area contributed by atoms with Gasteiger partial charge in [-0.2, -0.15) is 0 Å². The molecule has 76 valence electrons. The predicted molar refractivity (Wildman–Crippen MR) is 51.6 cm³/mol. The van der Waals surface area contributed by atoms with E-state index in [4.69, 9.17) is 5.11 Å². The van der Waals surface area contributed by atoms with Crippen LogP contribution in [0.15, 0.2) is 12.8 Å². The molecule has 0 aliphatic carbocycles. The Kier molecular flexibility index (Phi) is 3.39. The third kappa shape index (κ3) is 3.01. The van der Waals surface area contributed by atoms with Gasteiger partial charge >= 0.3 is 5.97 Å². The quantitative estimate of drug-likeness (QED) is 0.765. The zero-order chi connectivity index (χ0) is 10.6. The lowest BCUT2D eigenvalue weighted by Crippen LogP contribution is -2.02. The summed E-state index contributed by atoms with van der Waals surface area (Å²) in [7, 11) is 0. The normalized spacial score (nSPS) is 10.1. The van der Waals surface area contributed by atoms with E-state index >= 15 is 0 Å². The average Bonchev–Trinajstić information content (AvgIpc) is 2.52. The standard InChI is InChI=1S/C9H13N3O2/c1-7(2)8-6-12(11-10-8)5-3-4-9(13)14/h6H,1,3-5H2,2H3,(H,13,14). The maximum absolute atomic E-state index is 10.2. The van der Waals surface area contributed by atoms with Crippen molar-refractivity contribution in [1.82, 2.24) is 15.0 Å². The molecule has 0 radical (unpaired) electrons. The Hall–Kier alpha value is -1.65. The maximum Gasteiger partial charge on any atom is 0.303 e. The number of carbonyl (C=O) groups is 1. The molecular formula is C9H13N3O2. The highest BCUT2D eigenvalue weighted by Gasteiger charge is 2.01. The van der Waals surface area contributed by atoms with Crippen LogP contribution in [-0.2, 0) is 11.3 Å². The van der Waals surface area contributed by atoms with E-state index in [1.807, 2.05) is 6.92 Å². The van der Waals surface area contributed by atoms with Crippen molar-refractivity contribution in [3.8, 4) is 0 Å². The van der Waals surface area contributed by atoms with Gasteiger partial charge in [0.15, 0.2) is 0 Å². The van der Waals surface area contributed by atoms with Gasteiger partial charge in [0.2, 0.25) is 0 Å². The summed E-state index contributed by atoms with van der Waals surface area (Å²) < 4.78 is 1.63.